The molecule has 22 atom stereocenters. The van der Waals surface area contributed by atoms with Crippen molar-refractivity contribution in [2.45, 2.75) is 190 Å². The van der Waals surface area contributed by atoms with Gasteiger partial charge in [0.25, 0.3) is 0 Å². The van der Waals surface area contributed by atoms with Crippen LogP contribution in [0.25, 0.3) is 0 Å². The summed E-state index contributed by atoms with van der Waals surface area (Å²) in [6.45, 7) is 6.48. The van der Waals surface area contributed by atoms with E-state index in [9.17, 15) is 50.4 Å². The molecule has 0 bridgehead atoms. The third-order valence-electron chi connectivity index (χ3n) is 16.5. The number of hydrogen-bond acceptors (Lipinski definition) is 18. The van der Waals surface area contributed by atoms with E-state index in [1.807, 2.05) is 0 Å². The number of carbonyl (C=O) groups excluding carboxylic acids is 2. The van der Waals surface area contributed by atoms with Crippen LogP contribution in [0, 0.1) is 34.5 Å². The van der Waals surface area contributed by atoms with E-state index in [1.54, 1.807) is 13.0 Å². The van der Waals surface area contributed by atoms with E-state index < -0.39 is 111 Å². The second-order valence-corrected chi connectivity index (χ2v) is 19.6. The molecule has 7 fully saturated rings. The third-order valence-corrected chi connectivity index (χ3v) is 16.5. The zero-order valence-corrected chi connectivity index (χ0v) is 35.4. The van der Waals surface area contributed by atoms with E-state index in [0.29, 0.717) is 31.8 Å². The highest BCUT2D eigenvalue weighted by atomic mass is 16.7. The molecule has 18 nitrogen and oxygen atoms in total. The van der Waals surface area contributed by atoms with E-state index in [-0.39, 0.29) is 47.1 Å². The molecule has 18 heteroatoms. The lowest BCUT2D eigenvalue weighted by Crippen LogP contribution is -2.63. The van der Waals surface area contributed by atoms with Gasteiger partial charge in [-0.25, -0.2) is 4.79 Å². The Morgan fingerprint density at radius 2 is 1.54 bits per heavy atom. The van der Waals surface area contributed by atoms with Gasteiger partial charge in [-0.05, 0) is 99.4 Å². The Morgan fingerprint density at radius 3 is 2.25 bits per heavy atom. The summed E-state index contributed by atoms with van der Waals surface area (Å²) < 4.78 is 46.0. The highest BCUT2D eigenvalue weighted by molar-refractivity contribution is 5.85. The SMILES string of the molecule is CC(=O)O[C@H]1C[C@H](O[C@H]2[C@H](O)[C@@H](O)[C@H](OC[C@H]3O[C@@H](O[C@H]4CC[C@@]5(C)[C@H](CC[C@@H]6[C@@H]5CC[C@]5(C)[C@@H](C7=CC(=O)OC7)CC[C@]65O)C4)[C@H](O)[C@@H](O)[C@@H]3O)O[C@@H]2CO)O[C@H](C)[C@H]1O. The summed E-state index contributed by atoms with van der Waals surface area (Å²) in [4.78, 5) is 23.5. The number of rotatable bonds is 10. The fraction of sp³-hybridized carbons (Fsp3) is 0.907. The van der Waals surface area contributed by atoms with Gasteiger partial charge in [0, 0.05) is 24.8 Å². The van der Waals surface area contributed by atoms with Gasteiger partial charge in [-0.15, -0.1) is 0 Å². The first-order valence-electron chi connectivity index (χ1n) is 22.2. The Bertz CT molecular complexity index is 1630. The van der Waals surface area contributed by atoms with Gasteiger partial charge < -0.3 is 78.7 Å². The standard InChI is InChI=1S/C43H66O18/c1-19-32(47)27(57-20(2)45)15-31(56-19)61-38-28(16-44)59-39(37(52)35(38)50)55-18-29-33(48)34(49)36(51)40(60-29)58-23-7-10-41(3)22(14-23)5-6-26-25(41)8-11-42(4)24(9-12-43(26,42)53)21-13-30(46)54-17-21/h13,19,22-29,31-40,44,47-53H,5-12,14-18H2,1-4H3/t19-,22-,23+,24-,25+,26-,27+,28-,29-,31+,32-,33-,34+,35-,36-,37-,38-,39-,40-,41+,42-,43+/m1/s1. The highest BCUT2D eigenvalue weighted by Gasteiger charge is 2.68. The van der Waals surface area contributed by atoms with Crippen molar-refractivity contribution in [3.63, 3.8) is 0 Å². The molecule has 4 heterocycles. The lowest BCUT2D eigenvalue weighted by molar-refractivity contribution is -0.353. The van der Waals surface area contributed by atoms with Crippen molar-refractivity contribution in [2.75, 3.05) is 19.8 Å². The van der Waals surface area contributed by atoms with Crippen molar-refractivity contribution in [3.05, 3.63) is 11.6 Å². The first-order chi connectivity index (χ1) is 28.9. The summed E-state index contributed by atoms with van der Waals surface area (Å²) in [6, 6.07) is 0. The summed E-state index contributed by atoms with van der Waals surface area (Å²) >= 11 is 0. The van der Waals surface area contributed by atoms with Crippen molar-refractivity contribution in [3.8, 4) is 0 Å². The van der Waals surface area contributed by atoms with Crippen molar-refractivity contribution in [1.29, 1.82) is 0 Å². The second-order valence-electron chi connectivity index (χ2n) is 19.6. The lowest BCUT2D eigenvalue weighted by atomic mass is 9.43. The summed E-state index contributed by atoms with van der Waals surface area (Å²) in [5.41, 5.74) is -0.198. The molecule has 61 heavy (non-hydrogen) atoms. The first-order valence-corrected chi connectivity index (χ1v) is 22.2. The van der Waals surface area contributed by atoms with Crippen LogP contribution in [0.2, 0.25) is 0 Å². The molecule has 4 aliphatic heterocycles. The Morgan fingerprint density at radius 1 is 0.803 bits per heavy atom. The first kappa shape index (κ1) is 45.7. The molecule has 0 spiro atoms. The maximum Gasteiger partial charge on any atom is 0.331 e. The molecule has 4 saturated carbocycles. The molecule has 0 aromatic carbocycles. The van der Waals surface area contributed by atoms with Gasteiger partial charge >= 0.3 is 11.9 Å². The predicted octanol–water partition coefficient (Wildman–Crippen LogP) is -0.295. The van der Waals surface area contributed by atoms with Gasteiger partial charge in [0.1, 0.15) is 67.6 Å². The van der Waals surface area contributed by atoms with Crippen molar-refractivity contribution >= 4 is 11.9 Å². The predicted molar refractivity (Wildman–Crippen MR) is 206 cm³/mol. The zero-order chi connectivity index (χ0) is 43.8. The fourth-order valence-electron chi connectivity index (χ4n) is 13.0. The molecule has 0 unspecified atom stereocenters. The topological polar surface area (TPSA) is 270 Å². The molecule has 8 aliphatic rings. The molecule has 346 valence electrons. The van der Waals surface area contributed by atoms with Crippen molar-refractivity contribution < 1.29 is 88.3 Å². The summed E-state index contributed by atoms with van der Waals surface area (Å²) in [6.07, 6.45) is -10.3. The van der Waals surface area contributed by atoms with E-state index in [4.69, 9.17) is 37.9 Å². The van der Waals surface area contributed by atoms with Crippen molar-refractivity contribution in [1.82, 2.24) is 0 Å². The van der Waals surface area contributed by atoms with Gasteiger partial charge in [-0.2, -0.15) is 0 Å². The Hall–Kier alpha value is -1.88. The zero-order valence-electron chi connectivity index (χ0n) is 35.4. The van der Waals surface area contributed by atoms with Crippen LogP contribution in [0.1, 0.15) is 91.9 Å². The largest absolute Gasteiger partial charge is 0.459 e. The number of aliphatic hydroxyl groups is 8. The third kappa shape index (κ3) is 8.12. The Kier molecular flexibility index (Phi) is 13.1. The Balaban J connectivity index is 0.861. The molecule has 0 radical (unpaired) electrons. The highest BCUT2D eigenvalue weighted by Crippen LogP contribution is 2.70. The van der Waals surface area contributed by atoms with Crippen LogP contribution in [0.15, 0.2) is 11.6 Å². The molecule has 0 amide bonds. The molecule has 3 saturated heterocycles. The molecular formula is C43H66O18. The van der Waals surface area contributed by atoms with Crippen LogP contribution >= 0.6 is 0 Å². The van der Waals surface area contributed by atoms with Gasteiger partial charge in [-0.3, -0.25) is 4.79 Å². The minimum absolute atomic E-state index is 0.0414. The molecule has 0 aromatic heterocycles. The molecule has 8 rings (SSSR count). The van der Waals surface area contributed by atoms with Crippen LogP contribution in [-0.4, -0.2) is 170 Å². The number of ether oxygens (including phenoxy) is 8. The molecule has 8 N–H and O–H groups in total. The number of esters is 2. The van der Waals surface area contributed by atoms with E-state index in [2.05, 4.69) is 13.8 Å². The summed E-state index contributed by atoms with van der Waals surface area (Å²) in [5, 5.41) is 88.1. The summed E-state index contributed by atoms with van der Waals surface area (Å²) in [7, 11) is 0. The van der Waals surface area contributed by atoms with Gasteiger partial charge in [0.15, 0.2) is 18.9 Å². The number of carbonyl (C=O) groups is 2. The molecule has 4 aliphatic carbocycles. The van der Waals surface area contributed by atoms with E-state index >= 15 is 0 Å². The van der Waals surface area contributed by atoms with Crippen LogP contribution in [0.5, 0.6) is 0 Å². The van der Waals surface area contributed by atoms with Gasteiger partial charge in [0.05, 0.1) is 31.0 Å². The molecular weight excluding hydrogens is 804 g/mol. The second kappa shape index (κ2) is 17.5. The van der Waals surface area contributed by atoms with Crippen LogP contribution in [0.3, 0.4) is 0 Å². The van der Waals surface area contributed by atoms with Crippen LogP contribution in [0.4, 0.5) is 0 Å². The number of hydrogen-bond donors (Lipinski definition) is 8. The van der Waals surface area contributed by atoms with Gasteiger partial charge in [0.2, 0.25) is 0 Å². The molecule has 0 aromatic rings. The van der Waals surface area contributed by atoms with Crippen molar-refractivity contribution in [2.24, 2.45) is 34.5 Å². The average Bonchev–Trinajstić information content (AvgIpc) is 3.77. The van der Waals surface area contributed by atoms with E-state index in [1.165, 1.54) is 6.92 Å². The minimum Gasteiger partial charge on any atom is -0.459 e. The lowest BCUT2D eigenvalue weighted by Gasteiger charge is -2.64. The maximum absolute atomic E-state index is 12.6. The average molecular weight is 871 g/mol. The monoisotopic (exact) mass is 870 g/mol. The smallest absolute Gasteiger partial charge is 0.331 e. The number of aliphatic hydroxyl groups excluding tert-OH is 7. The fourth-order valence-corrected chi connectivity index (χ4v) is 13.0. The number of cyclic esters (lactones) is 1. The number of fused-ring (bicyclic) bond motifs is 5. The maximum atomic E-state index is 12.6. The minimum atomic E-state index is -1.72. The van der Waals surface area contributed by atoms with Gasteiger partial charge in [-0.1, -0.05) is 13.8 Å². The normalized spacial score (nSPS) is 52.4. The van der Waals surface area contributed by atoms with Crippen LogP contribution < -0.4 is 0 Å². The quantitative estimate of drug-likeness (QED) is 0.103. The van der Waals surface area contributed by atoms with E-state index in [0.717, 1.165) is 44.1 Å². The Labute approximate surface area is 355 Å². The summed E-state index contributed by atoms with van der Waals surface area (Å²) in [5.74, 6) is -0.0541. The van der Waals surface area contributed by atoms with Crippen LogP contribution in [-0.2, 0) is 47.5 Å².